The minimum Gasteiger partial charge on any atom is -0.479 e. The number of nitrogens with zero attached hydrogens (tertiary/aromatic N) is 1. The van der Waals surface area contributed by atoms with Crippen molar-refractivity contribution in [2.24, 2.45) is 0 Å². The summed E-state index contributed by atoms with van der Waals surface area (Å²) in [6.07, 6.45) is 3.64. The van der Waals surface area contributed by atoms with Crippen LogP contribution in [0.1, 0.15) is 35.4 Å². The zero-order chi connectivity index (χ0) is 13.8. The topological polar surface area (TPSA) is 33.0 Å². The monoisotopic (exact) mass is 263 g/mol. The van der Waals surface area contributed by atoms with Crippen LogP contribution in [0.15, 0.2) is 48.5 Å². The van der Waals surface area contributed by atoms with Gasteiger partial charge in [0.25, 0.3) is 0 Å². The fraction of sp³-hybridized carbons (Fsp3) is 0.278. The van der Waals surface area contributed by atoms with E-state index in [0.717, 1.165) is 5.75 Å². The number of aryl methyl sites for hydroxylation is 1. The molecular formula is C18H17NO. The van der Waals surface area contributed by atoms with Crippen LogP contribution >= 0.6 is 0 Å². The van der Waals surface area contributed by atoms with Gasteiger partial charge in [-0.25, -0.2) is 0 Å². The first-order valence-corrected chi connectivity index (χ1v) is 7.06. The lowest BCUT2D eigenvalue weighted by Gasteiger charge is -2.26. The lowest BCUT2D eigenvalue weighted by Crippen LogP contribution is -2.10. The molecular weight excluding hydrogens is 246 g/mol. The maximum Gasteiger partial charge on any atom is 0.174 e. The van der Waals surface area contributed by atoms with Crippen molar-refractivity contribution >= 4 is 0 Å². The van der Waals surface area contributed by atoms with Crippen LogP contribution < -0.4 is 4.74 Å². The summed E-state index contributed by atoms with van der Waals surface area (Å²) in [5, 5.41) is 8.52. The summed E-state index contributed by atoms with van der Waals surface area (Å²) in [5.41, 5.74) is 4.28. The van der Waals surface area contributed by atoms with Crippen molar-refractivity contribution in [2.45, 2.75) is 25.2 Å². The van der Waals surface area contributed by atoms with Crippen molar-refractivity contribution in [1.82, 2.24) is 0 Å². The highest BCUT2D eigenvalue weighted by molar-refractivity contribution is 5.41. The number of nitriles is 1. The van der Waals surface area contributed by atoms with Crippen molar-refractivity contribution in [1.29, 1.82) is 5.26 Å². The Bertz CT molecular complexity index is 625. The molecule has 100 valence electrons. The molecule has 2 aromatic rings. The highest BCUT2D eigenvalue weighted by Gasteiger charge is 2.21. The Hall–Kier alpha value is -2.27. The van der Waals surface area contributed by atoms with E-state index in [9.17, 15) is 0 Å². The molecule has 1 aliphatic rings. The molecule has 0 N–H and O–H groups in total. The first-order valence-electron chi connectivity index (χ1n) is 7.06. The van der Waals surface area contributed by atoms with Crippen molar-refractivity contribution < 1.29 is 4.74 Å². The molecule has 0 heterocycles. The van der Waals surface area contributed by atoms with Crippen LogP contribution in [0.3, 0.4) is 0 Å². The lowest BCUT2D eigenvalue weighted by atomic mass is 9.79. The first-order chi connectivity index (χ1) is 9.88. The molecule has 20 heavy (non-hydrogen) atoms. The Kier molecular flexibility index (Phi) is 3.69. The molecule has 0 bridgehead atoms. The summed E-state index contributed by atoms with van der Waals surface area (Å²) >= 11 is 0. The third-order valence-corrected chi connectivity index (χ3v) is 3.96. The lowest BCUT2D eigenvalue weighted by molar-refractivity contribution is 0.368. The highest BCUT2D eigenvalue weighted by Crippen LogP contribution is 2.36. The maximum absolute atomic E-state index is 8.52. The van der Waals surface area contributed by atoms with Crippen molar-refractivity contribution in [3.63, 3.8) is 0 Å². The van der Waals surface area contributed by atoms with E-state index in [4.69, 9.17) is 10.00 Å². The van der Waals surface area contributed by atoms with Crippen molar-refractivity contribution in [3.8, 4) is 11.8 Å². The van der Waals surface area contributed by atoms with E-state index in [1.54, 1.807) is 0 Å². The molecule has 0 aromatic heterocycles. The molecule has 1 atom stereocenters. The van der Waals surface area contributed by atoms with Gasteiger partial charge in [-0.15, -0.1) is 0 Å². The molecule has 2 nitrogen and oxygen atoms in total. The smallest absolute Gasteiger partial charge is 0.174 e. The van der Waals surface area contributed by atoms with E-state index >= 15 is 0 Å². The Morgan fingerprint density at radius 2 is 1.90 bits per heavy atom. The summed E-state index contributed by atoms with van der Waals surface area (Å²) in [5.74, 6) is 1.25. The number of benzene rings is 2. The fourth-order valence-electron chi connectivity index (χ4n) is 3.01. The quantitative estimate of drug-likeness (QED) is 0.836. The molecule has 0 aliphatic heterocycles. The van der Waals surface area contributed by atoms with Crippen molar-refractivity contribution in [2.75, 3.05) is 6.61 Å². The predicted molar refractivity (Wildman–Crippen MR) is 78.8 cm³/mol. The van der Waals surface area contributed by atoms with Gasteiger partial charge in [-0.2, -0.15) is 5.26 Å². The van der Waals surface area contributed by atoms with E-state index in [1.807, 2.05) is 18.2 Å². The van der Waals surface area contributed by atoms with E-state index in [1.165, 1.54) is 36.0 Å². The second-order valence-electron chi connectivity index (χ2n) is 5.16. The Balaban J connectivity index is 1.85. The van der Waals surface area contributed by atoms with Crippen LogP contribution in [0, 0.1) is 11.3 Å². The van der Waals surface area contributed by atoms with Crippen LogP contribution in [-0.2, 0) is 6.42 Å². The number of ether oxygens (including phenoxy) is 1. The first kappa shape index (κ1) is 12.7. The zero-order valence-electron chi connectivity index (χ0n) is 11.4. The molecule has 0 fully saturated rings. The second-order valence-corrected chi connectivity index (χ2v) is 5.16. The van der Waals surface area contributed by atoms with Gasteiger partial charge in [-0.1, -0.05) is 36.4 Å². The van der Waals surface area contributed by atoms with Gasteiger partial charge in [-0.3, -0.25) is 0 Å². The summed E-state index contributed by atoms with van der Waals surface area (Å²) in [6.45, 7) is 0.103. The third kappa shape index (κ3) is 2.53. The number of hydrogen-bond donors (Lipinski definition) is 0. The molecule has 3 rings (SSSR count). The van der Waals surface area contributed by atoms with Gasteiger partial charge in [0.2, 0.25) is 0 Å². The van der Waals surface area contributed by atoms with E-state index in [2.05, 4.69) is 36.4 Å². The van der Waals surface area contributed by atoms with Crippen LogP contribution in [0.4, 0.5) is 0 Å². The number of hydrogen-bond acceptors (Lipinski definition) is 2. The van der Waals surface area contributed by atoms with Crippen LogP contribution in [0.5, 0.6) is 5.75 Å². The molecule has 0 unspecified atom stereocenters. The van der Waals surface area contributed by atoms with Crippen LogP contribution in [0.2, 0.25) is 0 Å². The van der Waals surface area contributed by atoms with Crippen LogP contribution in [-0.4, -0.2) is 6.61 Å². The second kappa shape index (κ2) is 5.79. The molecule has 0 spiro atoms. The van der Waals surface area contributed by atoms with Gasteiger partial charge >= 0.3 is 0 Å². The molecule has 2 aromatic carbocycles. The standard InChI is InChI=1S/C18H17NO/c19-12-13-20-16-10-8-15(9-11-16)18-7-3-5-14-4-1-2-6-17(14)18/h1-2,4,6,8-11,18H,3,5,7,13H2/t18-/m0/s1. The Morgan fingerprint density at radius 3 is 2.70 bits per heavy atom. The zero-order valence-corrected chi connectivity index (χ0v) is 11.4. The SMILES string of the molecule is N#CCOc1ccc([C@@H]2CCCc3ccccc32)cc1. The van der Waals surface area contributed by atoms with E-state index < -0.39 is 0 Å². The largest absolute Gasteiger partial charge is 0.479 e. The molecule has 0 amide bonds. The van der Waals surface area contributed by atoms with Gasteiger partial charge in [0.05, 0.1) is 0 Å². The van der Waals surface area contributed by atoms with Crippen molar-refractivity contribution in [3.05, 3.63) is 65.2 Å². The fourth-order valence-corrected chi connectivity index (χ4v) is 3.01. The van der Waals surface area contributed by atoms with Gasteiger partial charge in [0, 0.05) is 5.92 Å². The maximum atomic E-state index is 8.52. The summed E-state index contributed by atoms with van der Waals surface area (Å²) in [6, 6.07) is 18.9. The number of fused-ring (bicyclic) bond motifs is 1. The predicted octanol–water partition coefficient (Wildman–Crippen LogP) is 4.06. The summed E-state index contributed by atoms with van der Waals surface area (Å²) in [7, 11) is 0. The normalized spacial score (nSPS) is 17.1. The highest BCUT2D eigenvalue weighted by atomic mass is 16.5. The van der Waals surface area contributed by atoms with Gasteiger partial charge in [-0.05, 0) is 48.1 Å². The Morgan fingerprint density at radius 1 is 1.10 bits per heavy atom. The molecule has 0 saturated carbocycles. The summed E-state index contributed by atoms with van der Waals surface area (Å²) in [4.78, 5) is 0. The minimum atomic E-state index is 0.103. The van der Waals surface area contributed by atoms with Crippen LogP contribution in [0.25, 0.3) is 0 Å². The molecule has 2 heteroatoms. The number of rotatable bonds is 3. The summed E-state index contributed by atoms with van der Waals surface area (Å²) < 4.78 is 5.31. The molecule has 0 saturated heterocycles. The van der Waals surface area contributed by atoms with Gasteiger partial charge in [0.15, 0.2) is 6.61 Å². The van der Waals surface area contributed by atoms with Gasteiger partial charge < -0.3 is 4.74 Å². The minimum absolute atomic E-state index is 0.103. The average molecular weight is 263 g/mol. The van der Waals surface area contributed by atoms with Gasteiger partial charge in [0.1, 0.15) is 11.8 Å². The Labute approximate surface area is 119 Å². The third-order valence-electron chi connectivity index (χ3n) is 3.96. The average Bonchev–Trinajstić information content (AvgIpc) is 2.53. The van der Waals surface area contributed by atoms with E-state index in [0.29, 0.717) is 5.92 Å². The van der Waals surface area contributed by atoms with E-state index in [-0.39, 0.29) is 6.61 Å². The molecule has 0 radical (unpaired) electrons. The molecule has 1 aliphatic carbocycles.